The highest BCUT2D eigenvalue weighted by Crippen LogP contribution is 2.15. The number of hydrogen-bond acceptors (Lipinski definition) is 6. The van der Waals surface area contributed by atoms with Gasteiger partial charge in [0.25, 0.3) is 5.91 Å². The molecule has 23 heavy (non-hydrogen) atoms. The van der Waals surface area contributed by atoms with E-state index in [4.69, 9.17) is 9.15 Å². The molecule has 0 fully saturated rings. The van der Waals surface area contributed by atoms with Gasteiger partial charge in [0.15, 0.2) is 6.61 Å². The number of amides is 1. The molecule has 0 saturated carbocycles. The molecule has 0 aliphatic rings. The maximum Gasteiger partial charge on any atom is 0.258 e. The molecule has 2 aromatic heterocycles. The largest absolute Gasteiger partial charge is 0.484 e. The second kappa shape index (κ2) is 7.17. The Hall–Kier alpha value is -3.22. The Balaban J connectivity index is 1.49. The number of carbonyl (C=O) groups is 1. The standard InChI is InChI=1S/C16H14N4O3/c21-14(11-22-13-4-2-1-3-5-13)18-10-15-19-20-16(23-15)12-6-8-17-9-7-12/h1-9H,10-11H2,(H,18,21). The number of pyridine rings is 1. The molecule has 1 amide bonds. The monoisotopic (exact) mass is 310 g/mol. The van der Waals surface area contributed by atoms with E-state index < -0.39 is 0 Å². The highest BCUT2D eigenvalue weighted by atomic mass is 16.5. The number of hydrogen-bond donors (Lipinski definition) is 1. The molecule has 2 heterocycles. The van der Waals surface area contributed by atoms with E-state index >= 15 is 0 Å². The minimum atomic E-state index is -0.266. The Labute approximate surface area is 132 Å². The summed E-state index contributed by atoms with van der Waals surface area (Å²) >= 11 is 0. The number of benzene rings is 1. The molecule has 0 aliphatic heterocycles. The number of nitrogens with zero attached hydrogens (tertiary/aromatic N) is 3. The lowest BCUT2D eigenvalue weighted by molar-refractivity contribution is -0.123. The van der Waals surface area contributed by atoms with Gasteiger partial charge in [-0.05, 0) is 24.3 Å². The maximum absolute atomic E-state index is 11.7. The van der Waals surface area contributed by atoms with Crippen LogP contribution in [-0.2, 0) is 11.3 Å². The third-order valence-electron chi connectivity index (χ3n) is 2.94. The van der Waals surface area contributed by atoms with E-state index in [1.807, 2.05) is 18.2 Å². The number of rotatable bonds is 6. The predicted octanol–water partition coefficient (Wildman–Crippen LogP) is 1.83. The summed E-state index contributed by atoms with van der Waals surface area (Å²) in [5.74, 6) is 1.08. The Morgan fingerprint density at radius 1 is 1.09 bits per heavy atom. The number of nitrogens with one attached hydrogen (secondary N) is 1. The lowest BCUT2D eigenvalue weighted by Crippen LogP contribution is -2.28. The Morgan fingerprint density at radius 2 is 1.87 bits per heavy atom. The molecule has 3 rings (SSSR count). The highest BCUT2D eigenvalue weighted by molar-refractivity contribution is 5.77. The zero-order chi connectivity index (χ0) is 15.9. The Kier molecular flexibility index (Phi) is 4.58. The van der Waals surface area contributed by atoms with Gasteiger partial charge in [-0.25, -0.2) is 0 Å². The topological polar surface area (TPSA) is 90.1 Å². The first-order chi connectivity index (χ1) is 11.3. The molecule has 1 N–H and O–H groups in total. The molecule has 1 aromatic carbocycles. The molecule has 3 aromatic rings. The smallest absolute Gasteiger partial charge is 0.258 e. The molecule has 0 aliphatic carbocycles. The predicted molar refractivity (Wildman–Crippen MR) is 81.3 cm³/mol. The Morgan fingerprint density at radius 3 is 2.65 bits per heavy atom. The van der Waals surface area contributed by atoms with Crippen molar-refractivity contribution in [2.24, 2.45) is 0 Å². The summed E-state index contributed by atoms with van der Waals surface area (Å²) in [6.07, 6.45) is 3.28. The highest BCUT2D eigenvalue weighted by Gasteiger charge is 2.09. The van der Waals surface area contributed by atoms with E-state index in [0.29, 0.717) is 17.5 Å². The van der Waals surface area contributed by atoms with E-state index in [1.54, 1.807) is 36.7 Å². The second-order valence-corrected chi connectivity index (χ2v) is 4.62. The van der Waals surface area contributed by atoms with Crippen molar-refractivity contribution in [2.75, 3.05) is 6.61 Å². The Bertz CT molecular complexity index is 759. The second-order valence-electron chi connectivity index (χ2n) is 4.62. The third kappa shape index (κ3) is 4.13. The minimum absolute atomic E-state index is 0.0740. The van der Waals surface area contributed by atoms with Crippen molar-refractivity contribution >= 4 is 5.91 Å². The van der Waals surface area contributed by atoms with E-state index in [2.05, 4.69) is 20.5 Å². The average molecular weight is 310 g/mol. The van der Waals surface area contributed by atoms with Crippen LogP contribution in [0.3, 0.4) is 0 Å². The van der Waals surface area contributed by atoms with Crippen LogP contribution in [0.4, 0.5) is 0 Å². The summed E-state index contributed by atoms with van der Waals surface area (Å²) in [5.41, 5.74) is 0.775. The van der Waals surface area contributed by atoms with Crippen LogP contribution in [0.2, 0.25) is 0 Å². The average Bonchev–Trinajstić information content (AvgIpc) is 3.09. The maximum atomic E-state index is 11.7. The zero-order valence-electron chi connectivity index (χ0n) is 12.2. The van der Waals surface area contributed by atoms with E-state index in [0.717, 1.165) is 5.56 Å². The van der Waals surface area contributed by atoms with Crippen LogP contribution in [0.25, 0.3) is 11.5 Å². The molecule has 0 unspecified atom stereocenters. The molecule has 0 saturated heterocycles. The van der Waals surface area contributed by atoms with Crippen molar-refractivity contribution in [1.82, 2.24) is 20.5 Å². The van der Waals surface area contributed by atoms with Crippen molar-refractivity contribution in [3.8, 4) is 17.2 Å². The summed E-state index contributed by atoms with van der Waals surface area (Å²) in [5, 5.41) is 10.5. The van der Waals surface area contributed by atoms with Gasteiger partial charge in [-0.3, -0.25) is 9.78 Å². The van der Waals surface area contributed by atoms with Gasteiger partial charge in [0.05, 0.1) is 6.54 Å². The van der Waals surface area contributed by atoms with Gasteiger partial charge in [0, 0.05) is 18.0 Å². The molecule has 7 nitrogen and oxygen atoms in total. The molecule has 0 radical (unpaired) electrons. The van der Waals surface area contributed by atoms with E-state index in [-0.39, 0.29) is 19.1 Å². The summed E-state index contributed by atoms with van der Waals surface area (Å²) in [7, 11) is 0. The normalized spacial score (nSPS) is 10.3. The first-order valence-electron chi connectivity index (χ1n) is 6.98. The molecule has 0 atom stereocenters. The fraction of sp³-hybridized carbons (Fsp3) is 0.125. The summed E-state index contributed by atoms with van der Waals surface area (Å²) in [6.45, 7) is 0.0738. The van der Waals surface area contributed by atoms with Crippen molar-refractivity contribution in [1.29, 1.82) is 0 Å². The van der Waals surface area contributed by atoms with Crippen LogP contribution in [0, 0.1) is 0 Å². The fourth-order valence-corrected chi connectivity index (χ4v) is 1.83. The molecule has 7 heteroatoms. The summed E-state index contributed by atoms with van der Waals surface area (Å²) < 4.78 is 10.8. The quantitative estimate of drug-likeness (QED) is 0.747. The van der Waals surface area contributed by atoms with Gasteiger partial charge in [-0.2, -0.15) is 0 Å². The SMILES string of the molecule is O=C(COc1ccccc1)NCc1nnc(-c2ccncc2)o1. The van der Waals surface area contributed by atoms with Crippen LogP contribution in [0.15, 0.2) is 59.3 Å². The molecular weight excluding hydrogens is 296 g/mol. The first-order valence-corrected chi connectivity index (χ1v) is 6.98. The van der Waals surface area contributed by atoms with E-state index in [9.17, 15) is 4.79 Å². The van der Waals surface area contributed by atoms with Gasteiger partial charge < -0.3 is 14.5 Å². The van der Waals surface area contributed by atoms with Gasteiger partial charge >= 0.3 is 0 Å². The van der Waals surface area contributed by atoms with E-state index in [1.165, 1.54) is 0 Å². The molecular formula is C16H14N4O3. The van der Waals surface area contributed by atoms with Crippen molar-refractivity contribution in [2.45, 2.75) is 6.54 Å². The molecule has 0 spiro atoms. The lowest BCUT2D eigenvalue weighted by Gasteiger charge is -2.05. The first kappa shape index (κ1) is 14.7. The van der Waals surface area contributed by atoms with Crippen LogP contribution >= 0.6 is 0 Å². The number of carbonyl (C=O) groups excluding carboxylic acids is 1. The third-order valence-corrected chi connectivity index (χ3v) is 2.94. The summed E-state index contributed by atoms with van der Waals surface area (Å²) in [4.78, 5) is 15.7. The zero-order valence-corrected chi connectivity index (χ0v) is 12.2. The van der Waals surface area contributed by atoms with Crippen molar-refractivity contribution in [3.63, 3.8) is 0 Å². The van der Waals surface area contributed by atoms with Gasteiger partial charge in [-0.15, -0.1) is 10.2 Å². The van der Waals surface area contributed by atoms with Gasteiger partial charge in [-0.1, -0.05) is 18.2 Å². The number of ether oxygens (including phenoxy) is 1. The van der Waals surface area contributed by atoms with Crippen LogP contribution in [-0.4, -0.2) is 27.7 Å². The van der Waals surface area contributed by atoms with Gasteiger partial charge in [0.1, 0.15) is 5.75 Å². The van der Waals surface area contributed by atoms with Crippen LogP contribution in [0.5, 0.6) is 5.75 Å². The van der Waals surface area contributed by atoms with Crippen LogP contribution < -0.4 is 10.1 Å². The van der Waals surface area contributed by atoms with Gasteiger partial charge in [0.2, 0.25) is 11.8 Å². The van der Waals surface area contributed by atoms with Crippen molar-refractivity contribution < 1.29 is 13.9 Å². The number of para-hydroxylation sites is 1. The van der Waals surface area contributed by atoms with Crippen LogP contribution in [0.1, 0.15) is 5.89 Å². The lowest BCUT2D eigenvalue weighted by atomic mass is 10.3. The fourth-order valence-electron chi connectivity index (χ4n) is 1.83. The van der Waals surface area contributed by atoms with Crippen molar-refractivity contribution in [3.05, 3.63) is 60.7 Å². The minimum Gasteiger partial charge on any atom is -0.484 e. The summed E-state index contributed by atoms with van der Waals surface area (Å²) in [6, 6.07) is 12.7. The molecule has 0 bridgehead atoms. The molecule has 116 valence electrons. The number of aromatic nitrogens is 3.